The minimum atomic E-state index is 0.349. The van der Waals surface area contributed by atoms with Crippen LogP contribution in [0.15, 0.2) is 0 Å². The number of carbonyl (C=O) groups is 1. The molecule has 1 aliphatic rings. The van der Waals surface area contributed by atoms with E-state index in [0.29, 0.717) is 11.8 Å². The predicted octanol–water partition coefficient (Wildman–Crippen LogP) is 2.42. The number of alkyl halides is 1. The van der Waals surface area contributed by atoms with Crippen LogP contribution in [0.3, 0.4) is 0 Å². The van der Waals surface area contributed by atoms with Crippen molar-refractivity contribution in [3.63, 3.8) is 0 Å². The van der Waals surface area contributed by atoms with Gasteiger partial charge in [-0.15, -0.1) is 0 Å². The molecule has 1 unspecified atom stereocenters. The van der Waals surface area contributed by atoms with Gasteiger partial charge < -0.3 is 4.90 Å². The van der Waals surface area contributed by atoms with Crippen molar-refractivity contribution in [2.75, 3.05) is 18.4 Å². The molecule has 1 fully saturated rings. The van der Waals surface area contributed by atoms with Crippen molar-refractivity contribution in [2.24, 2.45) is 5.92 Å². The SMILES string of the molecule is CCCC(CBr)CN1CCCC1=O. The Morgan fingerprint density at radius 2 is 2.38 bits per heavy atom. The van der Waals surface area contributed by atoms with Gasteiger partial charge in [0.25, 0.3) is 0 Å². The molecule has 0 bridgehead atoms. The van der Waals surface area contributed by atoms with Crippen LogP contribution in [-0.4, -0.2) is 29.2 Å². The third-order valence-corrected chi connectivity index (χ3v) is 3.48. The van der Waals surface area contributed by atoms with Gasteiger partial charge in [-0.05, 0) is 18.8 Å². The van der Waals surface area contributed by atoms with Gasteiger partial charge in [0.1, 0.15) is 0 Å². The summed E-state index contributed by atoms with van der Waals surface area (Å²) in [4.78, 5) is 13.4. The Morgan fingerprint density at radius 3 is 2.85 bits per heavy atom. The maximum Gasteiger partial charge on any atom is 0.222 e. The first-order valence-electron chi connectivity index (χ1n) is 5.11. The molecule has 1 aliphatic heterocycles. The Labute approximate surface area is 88.8 Å². The Balaban J connectivity index is 2.31. The van der Waals surface area contributed by atoms with Gasteiger partial charge in [-0.1, -0.05) is 29.3 Å². The number of rotatable bonds is 5. The molecule has 0 aromatic rings. The fourth-order valence-corrected chi connectivity index (χ4v) is 2.36. The number of halogens is 1. The van der Waals surface area contributed by atoms with Crippen molar-refractivity contribution >= 4 is 21.8 Å². The first-order valence-corrected chi connectivity index (χ1v) is 6.23. The largest absolute Gasteiger partial charge is 0.342 e. The highest BCUT2D eigenvalue weighted by molar-refractivity contribution is 9.09. The minimum Gasteiger partial charge on any atom is -0.342 e. The maximum atomic E-state index is 11.3. The second-order valence-corrected chi connectivity index (χ2v) is 4.40. The highest BCUT2D eigenvalue weighted by Crippen LogP contribution is 2.16. The lowest BCUT2D eigenvalue weighted by Crippen LogP contribution is -2.31. The summed E-state index contributed by atoms with van der Waals surface area (Å²) in [6, 6.07) is 0. The van der Waals surface area contributed by atoms with E-state index in [0.717, 1.165) is 31.3 Å². The van der Waals surface area contributed by atoms with Crippen molar-refractivity contribution in [3.8, 4) is 0 Å². The van der Waals surface area contributed by atoms with Crippen molar-refractivity contribution in [1.29, 1.82) is 0 Å². The Hall–Kier alpha value is -0.0500. The molecule has 1 amide bonds. The maximum absolute atomic E-state index is 11.3. The molecule has 0 aromatic carbocycles. The Morgan fingerprint density at radius 1 is 1.62 bits per heavy atom. The van der Waals surface area contributed by atoms with E-state index in [1.165, 1.54) is 12.8 Å². The molecule has 0 N–H and O–H groups in total. The zero-order valence-electron chi connectivity index (χ0n) is 8.26. The fourth-order valence-electron chi connectivity index (χ4n) is 1.83. The molecule has 13 heavy (non-hydrogen) atoms. The molecule has 3 heteroatoms. The number of amides is 1. The van der Waals surface area contributed by atoms with Crippen LogP contribution in [0.25, 0.3) is 0 Å². The summed E-state index contributed by atoms with van der Waals surface area (Å²) in [6.45, 7) is 4.13. The minimum absolute atomic E-state index is 0.349. The van der Waals surface area contributed by atoms with Gasteiger partial charge in [0, 0.05) is 24.8 Å². The third kappa shape index (κ3) is 3.29. The lowest BCUT2D eigenvalue weighted by atomic mass is 10.1. The first-order chi connectivity index (χ1) is 6.27. The molecule has 0 aromatic heterocycles. The number of likely N-dealkylation sites (tertiary alicyclic amines) is 1. The highest BCUT2D eigenvalue weighted by Gasteiger charge is 2.22. The zero-order chi connectivity index (χ0) is 9.68. The van der Waals surface area contributed by atoms with Gasteiger partial charge in [0.2, 0.25) is 5.91 Å². The van der Waals surface area contributed by atoms with Gasteiger partial charge >= 0.3 is 0 Å². The molecule has 1 heterocycles. The second kappa shape index (κ2) is 5.63. The third-order valence-electron chi connectivity index (χ3n) is 2.57. The highest BCUT2D eigenvalue weighted by atomic mass is 79.9. The monoisotopic (exact) mass is 247 g/mol. The van der Waals surface area contributed by atoms with E-state index in [1.807, 2.05) is 4.90 Å². The Kier molecular flexibility index (Phi) is 4.78. The standard InChI is InChI=1S/C10H18BrNO/c1-2-4-9(7-11)8-12-6-3-5-10(12)13/h9H,2-8H2,1H3. The summed E-state index contributed by atoms with van der Waals surface area (Å²) in [6.07, 6.45) is 4.24. The summed E-state index contributed by atoms with van der Waals surface area (Å²) >= 11 is 3.51. The van der Waals surface area contributed by atoms with Gasteiger partial charge in [-0.3, -0.25) is 4.79 Å². The number of carbonyl (C=O) groups excluding carboxylic acids is 1. The van der Waals surface area contributed by atoms with Crippen molar-refractivity contribution in [3.05, 3.63) is 0 Å². The molecule has 76 valence electrons. The summed E-state index contributed by atoms with van der Waals surface area (Å²) in [5.74, 6) is 0.995. The van der Waals surface area contributed by atoms with Crippen molar-refractivity contribution in [2.45, 2.75) is 32.6 Å². The van der Waals surface area contributed by atoms with E-state index >= 15 is 0 Å². The van der Waals surface area contributed by atoms with Crippen LogP contribution in [0.2, 0.25) is 0 Å². The molecule has 1 rings (SSSR count). The normalized spacial score (nSPS) is 19.5. The van der Waals surface area contributed by atoms with Crippen molar-refractivity contribution < 1.29 is 4.79 Å². The number of hydrogen-bond acceptors (Lipinski definition) is 1. The summed E-state index contributed by atoms with van der Waals surface area (Å²) < 4.78 is 0. The van der Waals surface area contributed by atoms with Gasteiger partial charge in [0.15, 0.2) is 0 Å². The Bertz CT molecular complexity index is 172. The van der Waals surface area contributed by atoms with Gasteiger partial charge in [-0.2, -0.15) is 0 Å². The summed E-state index contributed by atoms with van der Waals surface area (Å²) in [5.41, 5.74) is 0. The quantitative estimate of drug-likeness (QED) is 0.684. The zero-order valence-corrected chi connectivity index (χ0v) is 9.85. The molecular weight excluding hydrogens is 230 g/mol. The smallest absolute Gasteiger partial charge is 0.222 e. The van der Waals surface area contributed by atoms with E-state index in [2.05, 4.69) is 22.9 Å². The average molecular weight is 248 g/mol. The molecule has 1 saturated heterocycles. The summed E-state index contributed by atoms with van der Waals surface area (Å²) in [7, 11) is 0. The van der Waals surface area contributed by atoms with E-state index in [1.54, 1.807) is 0 Å². The van der Waals surface area contributed by atoms with Crippen molar-refractivity contribution in [1.82, 2.24) is 4.90 Å². The average Bonchev–Trinajstić information content (AvgIpc) is 2.51. The van der Waals surface area contributed by atoms with E-state index in [9.17, 15) is 4.79 Å². The first kappa shape index (κ1) is 11.0. The fraction of sp³-hybridized carbons (Fsp3) is 0.900. The van der Waals surface area contributed by atoms with Crippen LogP contribution in [0.4, 0.5) is 0 Å². The predicted molar refractivity (Wildman–Crippen MR) is 58.0 cm³/mol. The van der Waals surface area contributed by atoms with E-state index in [-0.39, 0.29) is 0 Å². The van der Waals surface area contributed by atoms with Gasteiger partial charge in [-0.25, -0.2) is 0 Å². The molecular formula is C10H18BrNO. The lowest BCUT2D eigenvalue weighted by Gasteiger charge is -2.21. The molecule has 1 atom stereocenters. The summed E-state index contributed by atoms with van der Waals surface area (Å²) in [5, 5.41) is 1.02. The molecule has 2 nitrogen and oxygen atoms in total. The van der Waals surface area contributed by atoms with E-state index < -0.39 is 0 Å². The molecule has 0 radical (unpaired) electrons. The van der Waals surface area contributed by atoms with Crippen LogP contribution in [-0.2, 0) is 4.79 Å². The van der Waals surface area contributed by atoms with Crippen LogP contribution < -0.4 is 0 Å². The topological polar surface area (TPSA) is 20.3 Å². The van der Waals surface area contributed by atoms with Crippen LogP contribution in [0.5, 0.6) is 0 Å². The van der Waals surface area contributed by atoms with Crippen LogP contribution in [0.1, 0.15) is 32.6 Å². The molecule has 0 saturated carbocycles. The van der Waals surface area contributed by atoms with E-state index in [4.69, 9.17) is 0 Å². The van der Waals surface area contributed by atoms with Gasteiger partial charge in [0.05, 0.1) is 0 Å². The van der Waals surface area contributed by atoms with Crippen LogP contribution in [0, 0.1) is 5.92 Å². The lowest BCUT2D eigenvalue weighted by molar-refractivity contribution is -0.128. The molecule has 0 spiro atoms. The number of nitrogens with zero attached hydrogens (tertiary/aromatic N) is 1. The molecule has 0 aliphatic carbocycles. The second-order valence-electron chi connectivity index (χ2n) is 3.75. The van der Waals surface area contributed by atoms with Crippen LogP contribution >= 0.6 is 15.9 Å². The number of hydrogen-bond donors (Lipinski definition) is 0.